The third kappa shape index (κ3) is 4.13. The molecule has 2 rings (SSSR count). The Morgan fingerprint density at radius 3 is 2.74 bits per heavy atom. The molecule has 1 aromatic heterocycles. The predicted octanol–water partition coefficient (Wildman–Crippen LogP) is 1.13. The van der Waals surface area contributed by atoms with Gasteiger partial charge >= 0.3 is 0 Å². The molecule has 1 amide bonds. The van der Waals surface area contributed by atoms with Gasteiger partial charge in [-0.2, -0.15) is 5.10 Å². The van der Waals surface area contributed by atoms with Crippen LogP contribution in [-0.2, 0) is 17.8 Å². The van der Waals surface area contributed by atoms with Crippen molar-refractivity contribution >= 4 is 11.6 Å². The Balaban J connectivity index is 1.74. The summed E-state index contributed by atoms with van der Waals surface area (Å²) in [5.41, 5.74) is 8.38. The molecular formula is C14H18N4O. The molecule has 0 aliphatic rings. The molecule has 0 spiro atoms. The van der Waals surface area contributed by atoms with Gasteiger partial charge in [-0.05, 0) is 30.2 Å². The molecule has 0 unspecified atom stereocenters. The number of benzene rings is 1. The second-order valence-electron chi connectivity index (χ2n) is 4.55. The lowest BCUT2D eigenvalue weighted by Gasteiger charge is -2.06. The summed E-state index contributed by atoms with van der Waals surface area (Å²) in [7, 11) is 0. The lowest BCUT2D eigenvalue weighted by atomic mass is 10.1. The van der Waals surface area contributed by atoms with Gasteiger partial charge in [-0.25, -0.2) is 0 Å². The molecule has 100 valence electrons. The van der Waals surface area contributed by atoms with E-state index in [4.69, 9.17) is 5.73 Å². The van der Waals surface area contributed by atoms with Gasteiger partial charge in [-0.3, -0.25) is 9.48 Å². The predicted molar refractivity (Wildman–Crippen MR) is 74.5 cm³/mol. The topological polar surface area (TPSA) is 72.9 Å². The van der Waals surface area contributed by atoms with Gasteiger partial charge in [0.1, 0.15) is 0 Å². The van der Waals surface area contributed by atoms with Crippen LogP contribution in [-0.4, -0.2) is 22.2 Å². The fraction of sp³-hybridized carbons (Fsp3) is 0.286. The van der Waals surface area contributed by atoms with Crippen LogP contribution < -0.4 is 11.1 Å². The number of carbonyl (C=O) groups excluding carboxylic acids is 1. The Morgan fingerprint density at radius 1 is 1.37 bits per heavy atom. The summed E-state index contributed by atoms with van der Waals surface area (Å²) in [6.45, 7) is 3.25. The van der Waals surface area contributed by atoms with E-state index in [0.29, 0.717) is 25.2 Å². The summed E-state index contributed by atoms with van der Waals surface area (Å²) >= 11 is 0. The SMILES string of the molecule is Cc1cnn(CCNC(=O)Cc2ccc(N)cc2)c1. The summed E-state index contributed by atoms with van der Waals surface area (Å²) in [6, 6.07) is 7.34. The van der Waals surface area contributed by atoms with E-state index < -0.39 is 0 Å². The standard InChI is InChI=1S/C14H18N4O/c1-11-9-17-18(10-11)7-6-16-14(19)8-12-2-4-13(15)5-3-12/h2-5,9-10H,6-8,15H2,1H3,(H,16,19). The minimum absolute atomic E-state index is 0.00801. The van der Waals surface area contributed by atoms with Crippen LogP contribution in [0.25, 0.3) is 0 Å². The van der Waals surface area contributed by atoms with Crippen molar-refractivity contribution in [3.05, 3.63) is 47.8 Å². The number of nitrogens with zero attached hydrogens (tertiary/aromatic N) is 2. The molecule has 0 aliphatic carbocycles. The summed E-state index contributed by atoms with van der Waals surface area (Å²) in [6.07, 6.45) is 4.13. The van der Waals surface area contributed by atoms with Crippen LogP contribution in [0.4, 0.5) is 5.69 Å². The molecule has 0 aliphatic heterocycles. The minimum Gasteiger partial charge on any atom is -0.399 e. The lowest BCUT2D eigenvalue weighted by Crippen LogP contribution is -2.28. The molecule has 3 N–H and O–H groups in total. The van der Waals surface area contributed by atoms with Crippen LogP contribution in [0, 0.1) is 6.92 Å². The minimum atomic E-state index is 0.00801. The van der Waals surface area contributed by atoms with E-state index in [2.05, 4.69) is 10.4 Å². The Morgan fingerprint density at radius 2 is 2.11 bits per heavy atom. The van der Waals surface area contributed by atoms with Crippen LogP contribution in [0.1, 0.15) is 11.1 Å². The molecule has 5 heteroatoms. The number of carbonyl (C=O) groups is 1. The molecule has 5 nitrogen and oxygen atoms in total. The molecule has 1 aromatic carbocycles. The summed E-state index contributed by atoms with van der Waals surface area (Å²) < 4.78 is 1.82. The van der Waals surface area contributed by atoms with Gasteiger partial charge in [0.15, 0.2) is 0 Å². The maximum Gasteiger partial charge on any atom is 0.224 e. The number of hydrogen-bond acceptors (Lipinski definition) is 3. The zero-order chi connectivity index (χ0) is 13.7. The third-order valence-corrected chi connectivity index (χ3v) is 2.77. The van der Waals surface area contributed by atoms with E-state index in [9.17, 15) is 4.79 Å². The number of nitrogens with two attached hydrogens (primary N) is 1. The fourth-order valence-corrected chi connectivity index (χ4v) is 1.78. The number of amides is 1. The highest BCUT2D eigenvalue weighted by atomic mass is 16.1. The van der Waals surface area contributed by atoms with Gasteiger partial charge in [0, 0.05) is 18.4 Å². The van der Waals surface area contributed by atoms with Crippen LogP contribution in [0.2, 0.25) is 0 Å². The maximum absolute atomic E-state index is 11.7. The van der Waals surface area contributed by atoms with Gasteiger partial charge in [-0.15, -0.1) is 0 Å². The summed E-state index contributed by atoms with van der Waals surface area (Å²) in [5.74, 6) is 0.00801. The van der Waals surface area contributed by atoms with Crippen molar-refractivity contribution in [2.24, 2.45) is 0 Å². The zero-order valence-electron chi connectivity index (χ0n) is 11.0. The molecule has 0 fully saturated rings. The number of aryl methyl sites for hydroxylation is 1. The summed E-state index contributed by atoms with van der Waals surface area (Å²) in [5, 5.41) is 7.03. The molecular weight excluding hydrogens is 240 g/mol. The third-order valence-electron chi connectivity index (χ3n) is 2.77. The van der Waals surface area contributed by atoms with Gasteiger partial charge < -0.3 is 11.1 Å². The highest BCUT2D eigenvalue weighted by Crippen LogP contribution is 2.05. The van der Waals surface area contributed by atoms with Crippen molar-refractivity contribution in [3.63, 3.8) is 0 Å². The highest BCUT2D eigenvalue weighted by Gasteiger charge is 2.03. The first-order valence-corrected chi connectivity index (χ1v) is 6.23. The van der Waals surface area contributed by atoms with Crippen molar-refractivity contribution in [2.75, 3.05) is 12.3 Å². The van der Waals surface area contributed by atoms with E-state index in [-0.39, 0.29) is 5.91 Å². The van der Waals surface area contributed by atoms with Crippen LogP contribution >= 0.6 is 0 Å². The van der Waals surface area contributed by atoms with Crippen molar-refractivity contribution in [3.8, 4) is 0 Å². The average Bonchev–Trinajstić information content (AvgIpc) is 2.78. The average molecular weight is 258 g/mol. The van der Waals surface area contributed by atoms with Gasteiger partial charge in [-0.1, -0.05) is 12.1 Å². The number of nitrogen functional groups attached to an aromatic ring is 1. The van der Waals surface area contributed by atoms with E-state index in [1.807, 2.05) is 29.9 Å². The first kappa shape index (κ1) is 13.1. The Kier molecular flexibility index (Phi) is 4.18. The quantitative estimate of drug-likeness (QED) is 0.790. The van der Waals surface area contributed by atoms with Crippen molar-refractivity contribution < 1.29 is 4.79 Å². The van der Waals surface area contributed by atoms with E-state index in [0.717, 1.165) is 11.1 Å². The van der Waals surface area contributed by atoms with Crippen molar-refractivity contribution in [1.82, 2.24) is 15.1 Å². The van der Waals surface area contributed by atoms with Gasteiger partial charge in [0.05, 0.1) is 19.2 Å². The Hall–Kier alpha value is -2.30. The number of rotatable bonds is 5. The van der Waals surface area contributed by atoms with E-state index >= 15 is 0 Å². The highest BCUT2D eigenvalue weighted by molar-refractivity contribution is 5.78. The first-order valence-electron chi connectivity index (χ1n) is 6.23. The monoisotopic (exact) mass is 258 g/mol. The van der Waals surface area contributed by atoms with E-state index in [1.54, 1.807) is 18.3 Å². The molecule has 0 radical (unpaired) electrons. The number of hydrogen-bond donors (Lipinski definition) is 2. The molecule has 0 saturated heterocycles. The van der Waals surface area contributed by atoms with Gasteiger partial charge in [0.2, 0.25) is 5.91 Å². The number of aromatic nitrogens is 2. The van der Waals surface area contributed by atoms with Crippen LogP contribution in [0.3, 0.4) is 0 Å². The maximum atomic E-state index is 11.7. The molecule has 0 saturated carbocycles. The van der Waals surface area contributed by atoms with Gasteiger partial charge in [0.25, 0.3) is 0 Å². The largest absolute Gasteiger partial charge is 0.399 e. The molecule has 0 bridgehead atoms. The molecule has 1 heterocycles. The second-order valence-corrected chi connectivity index (χ2v) is 4.55. The van der Waals surface area contributed by atoms with Crippen LogP contribution in [0.5, 0.6) is 0 Å². The van der Waals surface area contributed by atoms with Crippen molar-refractivity contribution in [1.29, 1.82) is 0 Å². The van der Waals surface area contributed by atoms with Crippen LogP contribution in [0.15, 0.2) is 36.7 Å². The smallest absolute Gasteiger partial charge is 0.224 e. The van der Waals surface area contributed by atoms with E-state index in [1.165, 1.54) is 0 Å². The number of nitrogens with one attached hydrogen (secondary N) is 1. The normalized spacial score (nSPS) is 10.4. The first-order chi connectivity index (χ1) is 9.13. The van der Waals surface area contributed by atoms with Crippen molar-refractivity contribution in [2.45, 2.75) is 19.9 Å². The second kappa shape index (κ2) is 6.04. The Bertz CT molecular complexity index is 545. The Labute approximate surface area is 112 Å². The number of anilines is 1. The summed E-state index contributed by atoms with van der Waals surface area (Å²) in [4.78, 5) is 11.7. The fourth-order valence-electron chi connectivity index (χ4n) is 1.78. The molecule has 0 atom stereocenters. The lowest BCUT2D eigenvalue weighted by molar-refractivity contribution is -0.120. The molecule has 2 aromatic rings. The zero-order valence-corrected chi connectivity index (χ0v) is 11.0. The molecule has 19 heavy (non-hydrogen) atoms.